The fourth-order valence-electron chi connectivity index (χ4n) is 1.57. The van der Waals surface area contributed by atoms with Crippen molar-refractivity contribution < 1.29 is 13.2 Å². The molecular weight excluding hydrogens is 243 g/mol. The lowest BCUT2D eigenvalue weighted by Crippen LogP contribution is -2.40. The van der Waals surface area contributed by atoms with E-state index in [1.54, 1.807) is 6.92 Å². The molecule has 1 rings (SSSR count). The second-order valence-electron chi connectivity index (χ2n) is 3.77. The van der Waals surface area contributed by atoms with E-state index in [4.69, 9.17) is 17.3 Å². The molecule has 16 heavy (non-hydrogen) atoms. The lowest BCUT2D eigenvalue weighted by molar-refractivity contribution is -0.174. The molecule has 1 heterocycles. The highest BCUT2D eigenvalue weighted by Crippen LogP contribution is 2.35. The highest BCUT2D eigenvalue weighted by Gasteiger charge is 2.45. The first kappa shape index (κ1) is 13.3. The van der Waals surface area contributed by atoms with Gasteiger partial charge in [0.15, 0.2) is 6.04 Å². The molecule has 2 N–H and O–H groups in total. The number of aryl methyl sites for hydroxylation is 1. The van der Waals surface area contributed by atoms with Crippen LogP contribution in [0.1, 0.15) is 24.4 Å². The summed E-state index contributed by atoms with van der Waals surface area (Å²) in [5.74, 6) is 0. The predicted octanol–water partition coefficient (Wildman–Crippen LogP) is 2.60. The van der Waals surface area contributed by atoms with Crippen LogP contribution in [0.2, 0.25) is 5.02 Å². The highest BCUT2D eigenvalue weighted by molar-refractivity contribution is 6.31. The van der Waals surface area contributed by atoms with Crippen LogP contribution in [-0.4, -0.2) is 22.0 Å². The van der Waals surface area contributed by atoms with Gasteiger partial charge >= 0.3 is 6.18 Å². The molecule has 0 radical (unpaired) electrons. The lowest BCUT2D eigenvalue weighted by Gasteiger charge is -2.25. The number of halogens is 4. The molecule has 0 aliphatic heterocycles. The normalized spacial score (nSPS) is 16.2. The Morgan fingerprint density at radius 1 is 1.38 bits per heavy atom. The molecule has 1 aromatic rings. The Labute approximate surface area is 96.4 Å². The molecule has 0 aromatic carbocycles. The first-order valence-electron chi connectivity index (χ1n) is 4.69. The van der Waals surface area contributed by atoms with Crippen LogP contribution in [0.4, 0.5) is 13.2 Å². The summed E-state index contributed by atoms with van der Waals surface area (Å²) in [6, 6.07) is -2.94. The monoisotopic (exact) mass is 255 g/mol. The maximum Gasteiger partial charge on any atom is 0.412 e. The number of alkyl halides is 3. The van der Waals surface area contributed by atoms with Crippen molar-refractivity contribution in [3.8, 4) is 0 Å². The van der Waals surface area contributed by atoms with E-state index < -0.39 is 18.3 Å². The van der Waals surface area contributed by atoms with Gasteiger partial charge in [-0.05, 0) is 20.8 Å². The molecule has 1 aromatic heterocycles. The Kier molecular flexibility index (Phi) is 3.54. The summed E-state index contributed by atoms with van der Waals surface area (Å²) in [5, 5.41) is 4.03. The Morgan fingerprint density at radius 3 is 2.12 bits per heavy atom. The van der Waals surface area contributed by atoms with Gasteiger partial charge in [-0.2, -0.15) is 18.3 Å². The molecule has 0 aliphatic rings. The summed E-state index contributed by atoms with van der Waals surface area (Å²) in [4.78, 5) is 0. The van der Waals surface area contributed by atoms with Gasteiger partial charge in [-0.15, -0.1) is 0 Å². The molecular formula is C9H13ClF3N3. The zero-order valence-electron chi connectivity index (χ0n) is 9.14. The second-order valence-corrected chi connectivity index (χ2v) is 4.15. The maximum atomic E-state index is 12.8. The van der Waals surface area contributed by atoms with Gasteiger partial charge in [0.2, 0.25) is 0 Å². The molecule has 0 saturated heterocycles. The summed E-state index contributed by atoms with van der Waals surface area (Å²) in [6.07, 6.45) is -4.44. The minimum absolute atomic E-state index is 0.245. The summed E-state index contributed by atoms with van der Waals surface area (Å²) < 4.78 is 39.2. The first-order valence-corrected chi connectivity index (χ1v) is 5.07. The van der Waals surface area contributed by atoms with Crippen molar-refractivity contribution in [2.24, 2.45) is 5.73 Å². The Balaban J connectivity index is 3.28. The standard InChI is InChI=1S/C9H13ClF3N3/c1-4(14)8(9(11,12)13)16-6(3)7(10)5(2)15-16/h4,8H,14H2,1-3H3. The molecule has 3 nitrogen and oxygen atoms in total. The fraction of sp³-hybridized carbons (Fsp3) is 0.667. The van der Waals surface area contributed by atoms with Crippen LogP contribution in [0.5, 0.6) is 0 Å². The minimum atomic E-state index is -4.44. The van der Waals surface area contributed by atoms with Crippen molar-refractivity contribution in [1.82, 2.24) is 9.78 Å². The van der Waals surface area contributed by atoms with E-state index >= 15 is 0 Å². The Bertz CT molecular complexity index is 384. The molecule has 7 heteroatoms. The maximum absolute atomic E-state index is 12.8. The van der Waals surface area contributed by atoms with Crippen LogP contribution in [0.15, 0.2) is 0 Å². The van der Waals surface area contributed by atoms with E-state index in [1.165, 1.54) is 13.8 Å². The molecule has 0 saturated carbocycles. The molecule has 2 atom stereocenters. The molecule has 92 valence electrons. The average Bonchev–Trinajstić information content (AvgIpc) is 2.31. The van der Waals surface area contributed by atoms with Crippen molar-refractivity contribution in [2.75, 3.05) is 0 Å². The molecule has 0 spiro atoms. The number of hydrogen-bond donors (Lipinski definition) is 1. The fourth-order valence-corrected chi connectivity index (χ4v) is 1.70. The number of hydrogen-bond acceptors (Lipinski definition) is 2. The zero-order valence-corrected chi connectivity index (χ0v) is 9.89. The van der Waals surface area contributed by atoms with Gasteiger partial charge < -0.3 is 5.73 Å². The van der Waals surface area contributed by atoms with Gasteiger partial charge in [0, 0.05) is 6.04 Å². The smallest absolute Gasteiger partial charge is 0.326 e. The van der Waals surface area contributed by atoms with Gasteiger partial charge in [0.25, 0.3) is 0 Å². The topological polar surface area (TPSA) is 43.8 Å². The quantitative estimate of drug-likeness (QED) is 0.883. The van der Waals surface area contributed by atoms with E-state index in [0.29, 0.717) is 5.69 Å². The van der Waals surface area contributed by atoms with Crippen LogP contribution < -0.4 is 5.73 Å². The van der Waals surface area contributed by atoms with E-state index in [1.807, 2.05) is 0 Å². The van der Waals surface area contributed by atoms with Crippen LogP contribution in [0, 0.1) is 13.8 Å². The third-order valence-corrected chi connectivity index (χ3v) is 2.88. The van der Waals surface area contributed by atoms with Crippen molar-refractivity contribution in [2.45, 2.75) is 39.0 Å². The molecule has 0 aliphatic carbocycles. The van der Waals surface area contributed by atoms with E-state index in [0.717, 1.165) is 4.68 Å². The first-order chi connectivity index (χ1) is 7.16. The Morgan fingerprint density at radius 2 is 1.88 bits per heavy atom. The van der Waals surface area contributed by atoms with Crippen molar-refractivity contribution in [3.63, 3.8) is 0 Å². The molecule has 0 amide bonds. The van der Waals surface area contributed by atoms with Crippen molar-refractivity contribution in [1.29, 1.82) is 0 Å². The summed E-state index contributed by atoms with van der Waals surface area (Å²) >= 11 is 5.81. The minimum Gasteiger partial charge on any atom is -0.326 e. The van der Waals surface area contributed by atoms with Gasteiger partial charge in [-0.25, -0.2) is 0 Å². The van der Waals surface area contributed by atoms with Crippen LogP contribution in [-0.2, 0) is 0 Å². The predicted molar refractivity (Wildman–Crippen MR) is 55.5 cm³/mol. The number of nitrogens with zero attached hydrogens (tertiary/aromatic N) is 2. The number of nitrogens with two attached hydrogens (primary N) is 1. The van der Waals surface area contributed by atoms with E-state index in [2.05, 4.69) is 5.10 Å². The van der Waals surface area contributed by atoms with Crippen molar-refractivity contribution >= 4 is 11.6 Å². The summed E-state index contributed by atoms with van der Waals surface area (Å²) in [5.41, 5.74) is 6.01. The molecule has 0 bridgehead atoms. The largest absolute Gasteiger partial charge is 0.412 e. The van der Waals surface area contributed by atoms with E-state index in [9.17, 15) is 13.2 Å². The highest BCUT2D eigenvalue weighted by atomic mass is 35.5. The second kappa shape index (κ2) is 4.25. The number of aromatic nitrogens is 2. The molecule has 0 fully saturated rings. The van der Waals surface area contributed by atoms with Gasteiger partial charge in [-0.3, -0.25) is 4.68 Å². The van der Waals surface area contributed by atoms with Gasteiger partial charge in [0.1, 0.15) is 0 Å². The third kappa shape index (κ3) is 2.32. The van der Waals surface area contributed by atoms with Crippen LogP contribution in [0.3, 0.4) is 0 Å². The molecule has 2 unspecified atom stereocenters. The lowest BCUT2D eigenvalue weighted by atomic mass is 10.1. The van der Waals surface area contributed by atoms with Crippen LogP contribution in [0.25, 0.3) is 0 Å². The third-order valence-electron chi connectivity index (χ3n) is 2.33. The van der Waals surface area contributed by atoms with Crippen molar-refractivity contribution in [3.05, 3.63) is 16.4 Å². The summed E-state index contributed by atoms with van der Waals surface area (Å²) in [7, 11) is 0. The zero-order chi connectivity index (χ0) is 12.7. The average molecular weight is 256 g/mol. The summed E-state index contributed by atoms with van der Waals surface area (Å²) in [6.45, 7) is 4.34. The van der Waals surface area contributed by atoms with E-state index in [-0.39, 0.29) is 10.7 Å². The van der Waals surface area contributed by atoms with Gasteiger partial charge in [0.05, 0.1) is 16.4 Å². The van der Waals surface area contributed by atoms with Gasteiger partial charge in [-0.1, -0.05) is 11.6 Å². The van der Waals surface area contributed by atoms with Crippen LogP contribution >= 0.6 is 11.6 Å². The number of rotatable bonds is 2. The Hall–Kier alpha value is -0.750. The SMILES string of the molecule is Cc1nn(C(C(C)N)C(F)(F)F)c(C)c1Cl.